The molecule has 1 saturated carbocycles. The lowest BCUT2D eigenvalue weighted by atomic mass is 9.83. The zero-order chi connectivity index (χ0) is 14.4. The minimum absolute atomic E-state index is 0.317. The fraction of sp³-hybridized carbons (Fsp3) is 0.846. The maximum absolute atomic E-state index is 11.9. The van der Waals surface area contributed by atoms with Crippen LogP contribution in [-0.2, 0) is 4.79 Å². The Morgan fingerprint density at radius 3 is 2.53 bits per heavy atom. The van der Waals surface area contributed by atoms with Crippen molar-refractivity contribution in [2.45, 2.75) is 51.6 Å². The second-order valence-electron chi connectivity index (χ2n) is 5.21. The van der Waals surface area contributed by atoms with Gasteiger partial charge in [0.1, 0.15) is 0 Å². The highest BCUT2D eigenvalue weighted by atomic mass is 16.2. The first-order valence-electron chi connectivity index (χ1n) is 7.07. The van der Waals surface area contributed by atoms with Crippen LogP contribution in [0.3, 0.4) is 0 Å². The average Bonchev–Trinajstić information content (AvgIpc) is 2.39. The Morgan fingerprint density at radius 2 is 2.00 bits per heavy atom. The molecular formula is C13H26N4O2. The summed E-state index contributed by atoms with van der Waals surface area (Å²) in [6.45, 7) is 5.24. The van der Waals surface area contributed by atoms with E-state index in [1.807, 2.05) is 13.8 Å². The number of hydrogen-bond donors (Lipinski definition) is 3. The van der Waals surface area contributed by atoms with Crippen LogP contribution in [0.15, 0.2) is 0 Å². The van der Waals surface area contributed by atoms with Crippen molar-refractivity contribution >= 4 is 11.9 Å². The van der Waals surface area contributed by atoms with Gasteiger partial charge in [0, 0.05) is 6.04 Å². The van der Waals surface area contributed by atoms with Crippen LogP contribution in [0.4, 0.5) is 4.79 Å². The smallest absolute Gasteiger partial charge is 0.318 e. The molecule has 0 aromatic rings. The molecule has 0 aromatic heterocycles. The minimum Gasteiger partial charge on any atom is -0.351 e. The number of nitrogens with one attached hydrogen (secondary N) is 1. The van der Waals surface area contributed by atoms with E-state index in [-0.39, 0.29) is 11.9 Å². The Balaban J connectivity index is 2.74. The van der Waals surface area contributed by atoms with Crippen LogP contribution >= 0.6 is 0 Å². The zero-order valence-corrected chi connectivity index (χ0v) is 11.9. The van der Waals surface area contributed by atoms with E-state index in [2.05, 4.69) is 10.2 Å². The van der Waals surface area contributed by atoms with Crippen LogP contribution in [0.5, 0.6) is 0 Å². The van der Waals surface area contributed by atoms with Crippen molar-refractivity contribution in [3.63, 3.8) is 0 Å². The zero-order valence-electron chi connectivity index (χ0n) is 11.9. The fourth-order valence-electron chi connectivity index (χ4n) is 3.07. The molecule has 1 fully saturated rings. The van der Waals surface area contributed by atoms with Crippen LogP contribution in [0, 0.1) is 5.92 Å². The van der Waals surface area contributed by atoms with Crippen molar-refractivity contribution in [3.05, 3.63) is 0 Å². The quantitative estimate of drug-likeness (QED) is 0.673. The van der Waals surface area contributed by atoms with E-state index in [0.29, 0.717) is 18.5 Å². The molecule has 0 heterocycles. The first kappa shape index (κ1) is 15.9. The SMILES string of the molecule is CCN(C(C)C(=O)NC(N)=O)C1CCCCC1CN. The lowest BCUT2D eigenvalue weighted by Gasteiger charge is -2.41. The van der Waals surface area contributed by atoms with Gasteiger partial charge >= 0.3 is 6.03 Å². The van der Waals surface area contributed by atoms with Gasteiger partial charge in [0.15, 0.2) is 0 Å². The van der Waals surface area contributed by atoms with Crippen molar-refractivity contribution in [1.29, 1.82) is 0 Å². The van der Waals surface area contributed by atoms with Crippen molar-refractivity contribution in [2.75, 3.05) is 13.1 Å². The number of nitrogens with two attached hydrogens (primary N) is 2. The van der Waals surface area contributed by atoms with Crippen LogP contribution < -0.4 is 16.8 Å². The second kappa shape index (κ2) is 7.45. The summed E-state index contributed by atoms with van der Waals surface area (Å²) in [6.07, 6.45) is 4.55. The Morgan fingerprint density at radius 1 is 1.37 bits per heavy atom. The maximum atomic E-state index is 11.9. The number of rotatable bonds is 5. The van der Waals surface area contributed by atoms with Crippen molar-refractivity contribution in [1.82, 2.24) is 10.2 Å². The predicted molar refractivity (Wildman–Crippen MR) is 74.4 cm³/mol. The van der Waals surface area contributed by atoms with E-state index in [1.54, 1.807) is 0 Å². The van der Waals surface area contributed by atoms with Crippen LogP contribution in [0.25, 0.3) is 0 Å². The van der Waals surface area contributed by atoms with Gasteiger partial charge in [-0.15, -0.1) is 0 Å². The van der Waals surface area contributed by atoms with Gasteiger partial charge in [0.05, 0.1) is 6.04 Å². The van der Waals surface area contributed by atoms with Crippen molar-refractivity contribution in [2.24, 2.45) is 17.4 Å². The molecule has 3 amide bonds. The summed E-state index contributed by atoms with van der Waals surface area (Å²) in [5.41, 5.74) is 10.8. The molecule has 1 aliphatic carbocycles. The van der Waals surface area contributed by atoms with Gasteiger partial charge in [-0.2, -0.15) is 0 Å². The lowest BCUT2D eigenvalue weighted by molar-refractivity contribution is -0.126. The van der Waals surface area contributed by atoms with E-state index in [9.17, 15) is 9.59 Å². The molecule has 110 valence electrons. The molecule has 6 heteroatoms. The van der Waals surface area contributed by atoms with Gasteiger partial charge in [-0.25, -0.2) is 4.79 Å². The summed E-state index contributed by atoms with van der Waals surface area (Å²) in [5.74, 6) is 0.0909. The molecule has 3 atom stereocenters. The number of hydrogen-bond acceptors (Lipinski definition) is 4. The maximum Gasteiger partial charge on any atom is 0.318 e. The molecule has 0 saturated heterocycles. The van der Waals surface area contributed by atoms with Crippen LogP contribution in [0.1, 0.15) is 39.5 Å². The third-order valence-corrected chi connectivity index (χ3v) is 4.09. The number of urea groups is 1. The highest BCUT2D eigenvalue weighted by molar-refractivity contribution is 5.96. The van der Waals surface area contributed by atoms with Gasteiger partial charge in [0.2, 0.25) is 5.91 Å². The Labute approximate surface area is 114 Å². The van der Waals surface area contributed by atoms with E-state index in [4.69, 9.17) is 11.5 Å². The number of carbonyl (C=O) groups is 2. The summed E-state index contributed by atoms with van der Waals surface area (Å²) in [4.78, 5) is 24.8. The highest BCUT2D eigenvalue weighted by Crippen LogP contribution is 2.29. The minimum atomic E-state index is -0.799. The summed E-state index contributed by atoms with van der Waals surface area (Å²) >= 11 is 0. The van der Waals surface area contributed by atoms with Crippen LogP contribution in [0.2, 0.25) is 0 Å². The highest BCUT2D eigenvalue weighted by Gasteiger charge is 2.33. The van der Waals surface area contributed by atoms with E-state index in [1.165, 1.54) is 12.8 Å². The number of primary amides is 1. The first-order chi connectivity index (χ1) is 9.01. The molecular weight excluding hydrogens is 244 g/mol. The number of nitrogens with zero attached hydrogens (tertiary/aromatic N) is 1. The number of imide groups is 1. The van der Waals surface area contributed by atoms with Gasteiger partial charge < -0.3 is 11.5 Å². The standard InChI is InChI=1S/C13H26N4O2/c1-3-17(9(2)12(18)16-13(15)19)11-7-5-4-6-10(11)8-14/h9-11H,3-8,14H2,1-2H3,(H3,15,16,18,19). The first-order valence-corrected chi connectivity index (χ1v) is 7.07. The largest absolute Gasteiger partial charge is 0.351 e. The summed E-state index contributed by atoms with van der Waals surface area (Å²) < 4.78 is 0. The van der Waals surface area contributed by atoms with Gasteiger partial charge in [-0.3, -0.25) is 15.0 Å². The van der Waals surface area contributed by atoms with Gasteiger partial charge in [-0.1, -0.05) is 19.8 Å². The Hall–Kier alpha value is -1.14. The van der Waals surface area contributed by atoms with E-state index < -0.39 is 6.03 Å². The summed E-state index contributed by atoms with van der Waals surface area (Å²) in [7, 11) is 0. The van der Waals surface area contributed by atoms with Gasteiger partial charge in [-0.05, 0) is 38.8 Å². The van der Waals surface area contributed by atoms with Crippen molar-refractivity contribution < 1.29 is 9.59 Å². The Bertz CT molecular complexity index is 322. The van der Waals surface area contributed by atoms with Gasteiger partial charge in [0.25, 0.3) is 0 Å². The monoisotopic (exact) mass is 270 g/mol. The molecule has 0 spiro atoms. The molecule has 5 N–H and O–H groups in total. The predicted octanol–water partition coefficient (Wildman–Crippen LogP) is 0.409. The summed E-state index contributed by atoms with van der Waals surface area (Å²) in [5, 5.41) is 2.16. The molecule has 0 bridgehead atoms. The normalized spacial score (nSPS) is 25.1. The fourth-order valence-corrected chi connectivity index (χ4v) is 3.07. The molecule has 0 aromatic carbocycles. The Kier molecular flexibility index (Phi) is 6.24. The van der Waals surface area contributed by atoms with E-state index in [0.717, 1.165) is 19.4 Å². The third kappa shape index (κ3) is 4.18. The lowest BCUT2D eigenvalue weighted by Crippen LogP contribution is -2.55. The molecule has 19 heavy (non-hydrogen) atoms. The summed E-state index contributed by atoms with van der Waals surface area (Å²) in [6, 6.07) is -0.848. The molecule has 6 nitrogen and oxygen atoms in total. The number of carbonyl (C=O) groups excluding carboxylic acids is 2. The molecule has 1 rings (SSSR count). The number of likely N-dealkylation sites (N-methyl/N-ethyl adjacent to an activating group) is 1. The number of amides is 3. The molecule has 3 unspecified atom stereocenters. The second-order valence-corrected chi connectivity index (χ2v) is 5.21. The average molecular weight is 270 g/mol. The van der Waals surface area contributed by atoms with Crippen molar-refractivity contribution in [3.8, 4) is 0 Å². The topological polar surface area (TPSA) is 101 Å². The third-order valence-electron chi connectivity index (χ3n) is 4.09. The van der Waals surface area contributed by atoms with E-state index >= 15 is 0 Å². The van der Waals surface area contributed by atoms with Crippen LogP contribution in [-0.4, -0.2) is 42.0 Å². The molecule has 0 aliphatic heterocycles. The molecule has 1 aliphatic rings. The molecule has 0 radical (unpaired) electrons.